The summed E-state index contributed by atoms with van der Waals surface area (Å²) in [5, 5.41) is 7.96. The number of carbonyl (C=O) groups excluding carboxylic acids is 1. The van der Waals surface area contributed by atoms with Gasteiger partial charge in [-0.3, -0.25) is 14.2 Å². The maximum absolute atomic E-state index is 12.5. The number of aromatic nitrogens is 4. The summed E-state index contributed by atoms with van der Waals surface area (Å²) >= 11 is 3.28. The van der Waals surface area contributed by atoms with Crippen LogP contribution in [0.1, 0.15) is 0 Å². The summed E-state index contributed by atoms with van der Waals surface area (Å²) in [6.45, 7) is 1.40. The van der Waals surface area contributed by atoms with Crippen molar-refractivity contribution in [3.05, 3.63) is 29.3 Å². The Labute approximate surface area is 148 Å². The summed E-state index contributed by atoms with van der Waals surface area (Å²) < 4.78 is 30.2. The molecular weight excluding hydrogens is 400 g/mol. The molecule has 130 valence electrons. The first-order chi connectivity index (χ1) is 11.4. The molecule has 1 aliphatic heterocycles. The molecule has 11 heteroatoms. The van der Waals surface area contributed by atoms with E-state index in [1.807, 2.05) is 0 Å². The van der Waals surface area contributed by atoms with E-state index in [-0.39, 0.29) is 30.4 Å². The van der Waals surface area contributed by atoms with Gasteiger partial charge in [-0.25, -0.2) is 8.42 Å². The summed E-state index contributed by atoms with van der Waals surface area (Å²) in [4.78, 5) is 14.1. The van der Waals surface area contributed by atoms with Gasteiger partial charge in [0, 0.05) is 45.6 Å². The molecule has 0 N–H and O–H groups in total. The number of hydrogen-bond donors (Lipinski definition) is 0. The molecule has 0 unspecified atom stereocenters. The minimum atomic E-state index is -3.56. The molecule has 0 saturated carbocycles. The van der Waals surface area contributed by atoms with Crippen LogP contribution in [-0.4, -0.2) is 69.3 Å². The molecule has 0 atom stereocenters. The van der Waals surface area contributed by atoms with E-state index in [0.29, 0.717) is 13.1 Å². The van der Waals surface area contributed by atoms with Crippen molar-refractivity contribution in [3.63, 3.8) is 0 Å². The zero-order valence-electron chi connectivity index (χ0n) is 13.0. The maximum atomic E-state index is 12.5. The van der Waals surface area contributed by atoms with Crippen LogP contribution in [0, 0.1) is 0 Å². The van der Waals surface area contributed by atoms with Crippen molar-refractivity contribution in [3.8, 4) is 0 Å². The lowest BCUT2D eigenvalue weighted by Gasteiger charge is -2.33. The normalized spacial score (nSPS) is 16.5. The third-order valence-corrected chi connectivity index (χ3v) is 6.07. The fourth-order valence-corrected chi connectivity index (χ4v) is 4.26. The Morgan fingerprint density at radius 1 is 1.17 bits per heavy atom. The Morgan fingerprint density at radius 2 is 1.88 bits per heavy atom. The molecule has 1 fully saturated rings. The second-order valence-corrected chi connectivity index (χ2v) is 8.34. The summed E-state index contributed by atoms with van der Waals surface area (Å²) in [6.07, 6.45) is 6.15. The number of rotatable bonds is 4. The molecule has 1 aliphatic rings. The Morgan fingerprint density at radius 3 is 2.42 bits per heavy atom. The SMILES string of the molecule is Cn1cc(S(=O)(=O)N2CCN(C(=O)Cn3cc(Br)cn3)CC2)cn1. The molecule has 3 heterocycles. The summed E-state index contributed by atoms with van der Waals surface area (Å²) in [5.41, 5.74) is 0. The van der Waals surface area contributed by atoms with E-state index in [2.05, 4.69) is 26.1 Å². The van der Waals surface area contributed by atoms with Crippen LogP contribution in [0.4, 0.5) is 0 Å². The molecule has 3 rings (SSSR count). The first-order valence-corrected chi connectivity index (χ1v) is 9.54. The van der Waals surface area contributed by atoms with Crippen LogP contribution in [0.15, 0.2) is 34.2 Å². The third-order valence-electron chi connectivity index (χ3n) is 3.81. The van der Waals surface area contributed by atoms with Gasteiger partial charge in [0.15, 0.2) is 0 Å². The number of sulfonamides is 1. The highest BCUT2D eigenvalue weighted by molar-refractivity contribution is 9.10. The molecule has 0 aliphatic carbocycles. The topological polar surface area (TPSA) is 93.3 Å². The van der Waals surface area contributed by atoms with Gasteiger partial charge in [-0.15, -0.1) is 0 Å². The monoisotopic (exact) mass is 416 g/mol. The maximum Gasteiger partial charge on any atom is 0.246 e. The quantitative estimate of drug-likeness (QED) is 0.694. The van der Waals surface area contributed by atoms with Crippen LogP contribution in [0.5, 0.6) is 0 Å². The van der Waals surface area contributed by atoms with Gasteiger partial charge >= 0.3 is 0 Å². The van der Waals surface area contributed by atoms with Crippen LogP contribution in [0.3, 0.4) is 0 Å². The van der Waals surface area contributed by atoms with Crippen molar-refractivity contribution in [1.82, 2.24) is 28.8 Å². The largest absolute Gasteiger partial charge is 0.338 e. The van der Waals surface area contributed by atoms with Gasteiger partial charge in [0.05, 0.1) is 16.9 Å². The highest BCUT2D eigenvalue weighted by Gasteiger charge is 2.30. The van der Waals surface area contributed by atoms with Crippen molar-refractivity contribution >= 4 is 31.9 Å². The van der Waals surface area contributed by atoms with E-state index >= 15 is 0 Å². The molecule has 1 amide bonds. The summed E-state index contributed by atoms with van der Waals surface area (Å²) in [5.74, 6) is -0.0796. The van der Waals surface area contributed by atoms with Crippen molar-refractivity contribution in [2.45, 2.75) is 11.4 Å². The number of piperazine rings is 1. The Hall–Kier alpha value is -1.72. The van der Waals surface area contributed by atoms with E-state index < -0.39 is 10.0 Å². The fourth-order valence-electron chi connectivity index (χ4n) is 2.52. The lowest BCUT2D eigenvalue weighted by molar-refractivity contribution is -0.133. The number of amides is 1. The molecule has 0 aromatic carbocycles. The first kappa shape index (κ1) is 17.1. The van der Waals surface area contributed by atoms with E-state index in [9.17, 15) is 13.2 Å². The Bertz CT molecular complexity index is 838. The number of halogens is 1. The van der Waals surface area contributed by atoms with Crippen LogP contribution < -0.4 is 0 Å². The smallest absolute Gasteiger partial charge is 0.246 e. The zero-order chi connectivity index (χ0) is 17.3. The third kappa shape index (κ3) is 3.52. The molecule has 0 radical (unpaired) electrons. The molecule has 0 spiro atoms. The molecule has 1 saturated heterocycles. The predicted molar refractivity (Wildman–Crippen MR) is 88.5 cm³/mol. The lowest BCUT2D eigenvalue weighted by atomic mass is 10.3. The van der Waals surface area contributed by atoms with Gasteiger partial charge in [-0.05, 0) is 15.9 Å². The minimum Gasteiger partial charge on any atom is -0.338 e. The van der Waals surface area contributed by atoms with Crippen LogP contribution in [0.25, 0.3) is 0 Å². The van der Waals surface area contributed by atoms with Crippen molar-refractivity contribution in [2.24, 2.45) is 7.05 Å². The molecule has 2 aromatic heterocycles. The summed E-state index contributed by atoms with van der Waals surface area (Å²) in [6, 6.07) is 0. The van der Waals surface area contributed by atoms with Gasteiger partial charge in [-0.1, -0.05) is 0 Å². The second-order valence-electron chi connectivity index (χ2n) is 5.49. The minimum absolute atomic E-state index is 0.0796. The first-order valence-electron chi connectivity index (χ1n) is 7.31. The molecule has 2 aromatic rings. The number of aryl methyl sites for hydroxylation is 1. The Balaban J connectivity index is 1.60. The van der Waals surface area contributed by atoms with E-state index in [4.69, 9.17) is 0 Å². The molecule has 0 bridgehead atoms. The van der Waals surface area contributed by atoms with Gasteiger partial charge in [0.25, 0.3) is 0 Å². The highest BCUT2D eigenvalue weighted by Crippen LogP contribution is 2.17. The van der Waals surface area contributed by atoms with Crippen molar-refractivity contribution in [2.75, 3.05) is 26.2 Å². The standard InChI is InChI=1S/C13H17BrN6O3S/c1-17-9-12(7-15-17)24(22,23)20-4-2-18(3-5-20)13(21)10-19-8-11(14)6-16-19/h6-9H,2-5,10H2,1H3. The van der Waals surface area contributed by atoms with Crippen LogP contribution in [0.2, 0.25) is 0 Å². The van der Waals surface area contributed by atoms with Gasteiger partial charge in [0.1, 0.15) is 11.4 Å². The van der Waals surface area contributed by atoms with E-state index in [1.165, 1.54) is 21.4 Å². The second kappa shape index (κ2) is 6.65. The van der Waals surface area contributed by atoms with Gasteiger partial charge in [-0.2, -0.15) is 14.5 Å². The van der Waals surface area contributed by atoms with Crippen LogP contribution >= 0.6 is 15.9 Å². The number of hydrogen-bond acceptors (Lipinski definition) is 5. The van der Waals surface area contributed by atoms with E-state index in [1.54, 1.807) is 29.0 Å². The zero-order valence-corrected chi connectivity index (χ0v) is 15.4. The molecule has 24 heavy (non-hydrogen) atoms. The van der Waals surface area contributed by atoms with Crippen LogP contribution in [-0.2, 0) is 28.4 Å². The van der Waals surface area contributed by atoms with Crippen molar-refractivity contribution < 1.29 is 13.2 Å². The fraction of sp³-hybridized carbons (Fsp3) is 0.462. The summed E-state index contributed by atoms with van der Waals surface area (Å²) in [7, 11) is -1.89. The Kier molecular flexibility index (Phi) is 4.74. The predicted octanol–water partition coefficient (Wildman–Crippen LogP) is -0.0878. The average Bonchev–Trinajstić information content (AvgIpc) is 3.16. The molecular formula is C13H17BrN6O3S. The van der Waals surface area contributed by atoms with Crippen molar-refractivity contribution in [1.29, 1.82) is 0 Å². The van der Waals surface area contributed by atoms with Gasteiger partial charge in [0.2, 0.25) is 15.9 Å². The molecule has 9 nitrogen and oxygen atoms in total. The number of carbonyl (C=O) groups is 1. The lowest BCUT2D eigenvalue weighted by Crippen LogP contribution is -2.51. The van der Waals surface area contributed by atoms with Gasteiger partial charge < -0.3 is 4.90 Å². The average molecular weight is 417 g/mol. The number of nitrogens with zero attached hydrogens (tertiary/aromatic N) is 6. The van der Waals surface area contributed by atoms with E-state index in [0.717, 1.165) is 4.47 Å². The highest BCUT2D eigenvalue weighted by atomic mass is 79.9.